The number of halogens is 1. The Labute approximate surface area is 199 Å². The van der Waals surface area contributed by atoms with E-state index in [4.69, 9.17) is 36.3 Å². The fourth-order valence-corrected chi connectivity index (χ4v) is 4.45. The monoisotopic (exact) mass is 491 g/mol. The highest BCUT2D eigenvalue weighted by Gasteiger charge is 2.20. The van der Waals surface area contributed by atoms with Gasteiger partial charge in [0.2, 0.25) is 0 Å². The first kappa shape index (κ1) is 24.3. The van der Waals surface area contributed by atoms with Gasteiger partial charge >= 0.3 is 11.9 Å². The largest absolute Gasteiger partial charge is 0.493 e. The number of aryl methyl sites for hydroxylation is 1. The van der Waals surface area contributed by atoms with Gasteiger partial charge in [0.15, 0.2) is 23.9 Å². The maximum Gasteiger partial charge on any atom is 0.348 e. The van der Waals surface area contributed by atoms with Crippen LogP contribution in [0.4, 0.5) is 5.82 Å². The number of nitrogens with two attached hydrogens (primary N) is 1. The molecule has 0 saturated carbocycles. The van der Waals surface area contributed by atoms with Gasteiger partial charge in [-0.25, -0.2) is 19.6 Å². The number of esters is 2. The highest BCUT2D eigenvalue weighted by atomic mass is 35.5. The lowest BCUT2D eigenvalue weighted by atomic mass is 10.2. The number of thiophene rings is 1. The SMILES string of the molecule is CCOC(=O)c1sc2nc(COC(=O)/C=C/c3cc(Cl)c(OC)c(OC)c3)nc(N)c2c1C. The van der Waals surface area contributed by atoms with Crippen LogP contribution in [-0.4, -0.2) is 42.7 Å². The van der Waals surface area contributed by atoms with Crippen LogP contribution in [0.15, 0.2) is 18.2 Å². The zero-order valence-corrected chi connectivity index (χ0v) is 20.0. The molecule has 11 heteroatoms. The molecule has 0 radical (unpaired) electrons. The first-order valence-electron chi connectivity index (χ1n) is 9.77. The summed E-state index contributed by atoms with van der Waals surface area (Å²) in [6.07, 6.45) is 2.77. The predicted molar refractivity (Wildman–Crippen MR) is 126 cm³/mol. The number of methoxy groups -OCH3 is 2. The first-order valence-corrected chi connectivity index (χ1v) is 11.0. The molecule has 174 valence electrons. The third-order valence-electron chi connectivity index (χ3n) is 4.54. The quantitative estimate of drug-likeness (QED) is 0.365. The second-order valence-corrected chi connectivity index (χ2v) is 8.07. The van der Waals surface area contributed by atoms with Crippen LogP contribution in [0.2, 0.25) is 5.02 Å². The van der Waals surface area contributed by atoms with Gasteiger partial charge in [-0.15, -0.1) is 11.3 Å². The van der Waals surface area contributed by atoms with E-state index in [0.717, 1.165) is 11.3 Å². The molecule has 2 aromatic heterocycles. The summed E-state index contributed by atoms with van der Waals surface area (Å²) in [5.41, 5.74) is 7.35. The molecule has 0 aliphatic carbocycles. The van der Waals surface area contributed by atoms with Gasteiger partial charge in [0.25, 0.3) is 0 Å². The lowest BCUT2D eigenvalue weighted by Gasteiger charge is -2.10. The molecule has 0 unspecified atom stereocenters. The summed E-state index contributed by atoms with van der Waals surface area (Å²) < 4.78 is 20.7. The maximum atomic E-state index is 12.2. The molecule has 0 atom stereocenters. The highest BCUT2D eigenvalue weighted by molar-refractivity contribution is 7.20. The fraction of sp³-hybridized carbons (Fsp3) is 0.273. The number of carbonyl (C=O) groups excluding carboxylic acids is 2. The number of nitrogens with zero attached hydrogens (tertiary/aromatic N) is 2. The van der Waals surface area contributed by atoms with Gasteiger partial charge in [-0.2, -0.15) is 0 Å². The number of anilines is 1. The van der Waals surface area contributed by atoms with Crippen LogP contribution in [0.3, 0.4) is 0 Å². The Morgan fingerprint density at radius 1 is 1.18 bits per heavy atom. The number of ether oxygens (including phenoxy) is 4. The number of nitrogen functional groups attached to an aromatic ring is 1. The van der Waals surface area contributed by atoms with Crippen molar-refractivity contribution in [3.63, 3.8) is 0 Å². The van der Waals surface area contributed by atoms with E-state index in [0.29, 0.717) is 42.7 Å². The molecule has 3 rings (SSSR count). The van der Waals surface area contributed by atoms with Crippen molar-refractivity contribution in [2.75, 3.05) is 26.6 Å². The molecule has 0 amide bonds. The molecule has 9 nitrogen and oxygen atoms in total. The van der Waals surface area contributed by atoms with Crippen LogP contribution in [0.5, 0.6) is 11.5 Å². The lowest BCUT2D eigenvalue weighted by Crippen LogP contribution is -2.06. The normalized spacial score (nSPS) is 11.1. The summed E-state index contributed by atoms with van der Waals surface area (Å²) in [6, 6.07) is 3.30. The van der Waals surface area contributed by atoms with Gasteiger partial charge in [0.1, 0.15) is 15.5 Å². The second kappa shape index (κ2) is 10.5. The average molecular weight is 492 g/mol. The Bertz CT molecular complexity index is 1240. The van der Waals surface area contributed by atoms with Gasteiger partial charge in [-0.05, 0) is 43.2 Å². The lowest BCUT2D eigenvalue weighted by molar-refractivity contribution is -0.139. The number of hydrogen-bond donors (Lipinski definition) is 1. The van der Waals surface area contributed by atoms with Gasteiger partial charge in [0, 0.05) is 6.08 Å². The Balaban J connectivity index is 1.73. The molecule has 0 fully saturated rings. The van der Waals surface area contributed by atoms with E-state index in [1.165, 1.54) is 26.4 Å². The van der Waals surface area contributed by atoms with Crippen LogP contribution >= 0.6 is 22.9 Å². The third-order valence-corrected chi connectivity index (χ3v) is 5.98. The van der Waals surface area contributed by atoms with Crippen molar-refractivity contribution >= 4 is 57.0 Å². The molecular weight excluding hydrogens is 470 g/mol. The summed E-state index contributed by atoms with van der Waals surface area (Å²) in [4.78, 5) is 33.8. The summed E-state index contributed by atoms with van der Waals surface area (Å²) in [6.45, 7) is 3.56. The molecule has 2 heterocycles. The molecule has 2 N–H and O–H groups in total. The van der Waals surface area contributed by atoms with Crippen LogP contribution in [0, 0.1) is 6.92 Å². The molecule has 0 bridgehead atoms. The Kier molecular flexibility index (Phi) is 7.72. The number of rotatable bonds is 8. The van der Waals surface area contributed by atoms with Gasteiger partial charge < -0.3 is 24.7 Å². The topological polar surface area (TPSA) is 123 Å². The second-order valence-electron chi connectivity index (χ2n) is 6.66. The Morgan fingerprint density at radius 3 is 2.61 bits per heavy atom. The van der Waals surface area contributed by atoms with Crippen LogP contribution in [0.25, 0.3) is 16.3 Å². The van der Waals surface area contributed by atoms with Crippen molar-refractivity contribution in [3.8, 4) is 11.5 Å². The van der Waals surface area contributed by atoms with E-state index in [-0.39, 0.29) is 24.9 Å². The number of benzene rings is 1. The number of hydrogen-bond acceptors (Lipinski definition) is 10. The van der Waals surface area contributed by atoms with Crippen molar-refractivity contribution in [3.05, 3.63) is 45.1 Å². The van der Waals surface area contributed by atoms with Crippen LogP contribution in [0.1, 0.15) is 33.5 Å². The fourth-order valence-electron chi connectivity index (χ4n) is 3.05. The van der Waals surface area contributed by atoms with Crippen molar-refractivity contribution in [1.29, 1.82) is 0 Å². The van der Waals surface area contributed by atoms with E-state index < -0.39 is 11.9 Å². The number of aromatic nitrogens is 2. The minimum Gasteiger partial charge on any atom is -0.493 e. The summed E-state index contributed by atoms with van der Waals surface area (Å²) >= 11 is 7.33. The van der Waals surface area contributed by atoms with Gasteiger partial charge in [-0.1, -0.05) is 11.6 Å². The van der Waals surface area contributed by atoms with Crippen molar-refractivity contribution < 1.29 is 28.5 Å². The zero-order chi connectivity index (χ0) is 24.1. The number of fused-ring (bicyclic) bond motifs is 1. The van der Waals surface area contributed by atoms with Crippen LogP contribution < -0.4 is 15.2 Å². The minimum atomic E-state index is -0.613. The summed E-state index contributed by atoms with van der Waals surface area (Å²) in [7, 11) is 2.97. The van der Waals surface area contributed by atoms with Crippen molar-refractivity contribution in [2.45, 2.75) is 20.5 Å². The Morgan fingerprint density at radius 2 is 1.94 bits per heavy atom. The van der Waals surface area contributed by atoms with Crippen molar-refractivity contribution in [1.82, 2.24) is 9.97 Å². The molecule has 3 aromatic rings. The molecule has 0 saturated heterocycles. The van der Waals surface area contributed by atoms with E-state index in [1.807, 2.05) is 0 Å². The highest BCUT2D eigenvalue weighted by Crippen LogP contribution is 2.36. The average Bonchev–Trinajstić information content (AvgIpc) is 3.12. The third kappa shape index (κ3) is 5.35. The smallest absolute Gasteiger partial charge is 0.348 e. The summed E-state index contributed by atoms with van der Waals surface area (Å²) in [5, 5.41) is 0.929. The van der Waals surface area contributed by atoms with E-state index in [2.05, 4.69) is 9.97 Å². The molecule has 0 spiro atoms. The summed E-state index contributed by atoms with van der Waals surface area (Å²) in [5.74, 6) is 0.199. The van der Waals surface area contributed by atoms with Gasteiger partial charge in [-0.3, -0.25) is 0 Å². The zero-order valence-electron chi connectivity index (χ0n) is 18.4. The molecule has 0 aliphatic heterocycles. The molecular formula is C22H22ClN3O6S. The first-order chi connectivity index (χ1) is 15.8. The van der Waals surface area contributed by atoms with Crippen molar-refractivity contribution in [2.24, 2.45) is 0 Å². The maximum absolute atomic E-state index is 12.2. The van der Waals surface area contributed by atoms with E-state index in [9.17, 15) is 9.59 Å². The molecule has 1 aromatic carbocycles. The predicted octanol–water partition coefficient (Wildman–Crippen LogP) is 4.19. The van der Waals surface area contributed by atoms with E-state index >= 15 is 0 Å². The molecule has 0 aliphatic rings. The van der Waals surface area contributed by atoms with Gasteiger partial charge in [0.05, 0.1) is 31.2 Å². The molecule has 33 heavy (non-hydrogen) atoms. The van der Waals surface area contributed by atoms with E-state index in [1.54, 1.807) is 26.0 Å². The van der Waals surface area contributed by atoms with Crippen LogP contribution in [-0.2, 0) is 20.9 Å². The Hall–Kier alpha value is -3.37. The minimum absolute atomic E-state index is 0.193. The standard InChI is InChI=1S/C22H22ClN3O6S/c1-5-31-22(28)19-11(2)17-20(24)25-15(26-21(17)33-19)10-32-16(27)7-6-12-8-13(23)18(30-4)14(9-12)29-3/h6-9H,5,10H2,1-4H3,(H2,24,25,26)/b7-6+. The number of carbonyl (C=O) groups is 2.